The van der Waals surface area contributed by atoms with Crippen molar-refractivity contribution >= 4 is 16.7 Å². The van der Waals surface area contributed by atoms with E-state index in [1.165, 1.54) is 11.1 Å². The van der Waals surface area contributed by atoms with Gasteiger partial charge in [-0.1, -0.05) is 0 Å². The highest BCUT2D eigenvalue weighted by molar-refractivity contribution is 5.92. The zero-order chi connectivity index (χ0) is 17.8. The molecule has 3 aromatic rings. The number of nitrogens with zero attached hydrogens (tertiary/aromatic N) is 7. The van der Waals surface area contributed by atoms with Gasteiger partial charge in [-0.25, -0.2) is 9.97 Å². The maximum absolute atomic E-state index is 5.86. The fraction of sp³-hybridized carbons (Fsp3) is 0.438. The van der Waals surface area contributed by atoms with Gasteiger partial charge in [0.05, 0.1) is 19.2 Å². The number of nitrogens with one attached hydrogen (secondary N) is 1. The van der Waals surface area contributed by atoms with E-state index < -0.39 is 0 Å². The van der Waals surface area contributed by atoms with E-state index in [2.05, 4.69) is 35.6 Å². The average molecular weight is 356 g/mol. The van der Waals surface area contributed by atoms with E-state index in [9.17, 15) is 0 Å². The molecule has 10 heteroatoms. The highest BCUT2D eigenvalue weighted by atomic mass is 16.5. The van der Waals surface area contributed by atoms with Gasteiger partial charge >= 0.3 is 0 Å². The topological polar surface area (TPSA) is 103 Å². The summed E-state index contributed by atoms with van der Waals surface area (Å²) >= 11 is 0. The van der Waals surface area contributed by atoms with Crippen LogP contribution in [0.5, 0.6) is 11.5 Å². The van der Waals surface area contributed by atoms with Gasteiger partial charge in [-0.15, -0.1) is 10.2 Å². The molecule has 0 spiro atoms. The number of anilines is 1. The lowest BCUT2D eigenvalue weighted by Crippen LogP contribution is -2.44. The van der Waals surface area contributed by atoms with Crippen LogP contribution >= 0.6 is 0 Å². The number of methoxy groups -OCH3 is 1. The van der Waals surface area contributed by atoms with Crippen LogP contribution in [0.3, 0.4) is 0 Å². The Hall–Kier alpha value is -3.01. The molecule has 1 aliphatic heterocycles. The van der Waals surface area contributed by atoms with Crippen molar-refractivity contribution in [3.05, 3.63) is 24.8 Å². The third-order valence-corrected chi connectivity index (χ3v) is 4.26. The molecule has 26 heavy (non-hydrogen) atoms. The van der Waals surface area contributed by atoms with Crippen LogP contribution in [0.2, 0.25) is 0 Å². The van der Waals surface area contributed by atoms with E-state index in [-0.39, 0.29) is 0 Å². The molecule has 0 unspecified atom stereocenters. The molecule has 136 valence electrons. The third-order valence-electron chi connectivity index (χ3n) is 4.26. The second kappa shape index (κ2) is 7.48. The van der Waals surface area contributed by atoms with Crippen molar-refractivity contribution in [1.29, 1.82) is 0 Å². The molecule has 1 aliphatic rings. The van der Waals surface area contributed by atoms with Gasteiger partial charge in [0.15, 0.2) is 17.8 Å². The summed E-state index contributed by atoms with van der Waals surface area (Å²) < 4.78 is 11.4. The zero-order valence-corrected chi connectivity index (χ0v) is 14.5. The van der Waals surface area contributed by atoms with E-state index in [1.807, 2.05) is 12.1 Å². The highest BCUT2D eigenvalue weighted by Gasteiger charge is 2.17. The van der Waals surface area contributed by atoms with Crippen molar-refractivity contribution in [2.45, 2.75) is 6.54 Å². The van der Waals surface area contributed by atoms with Crippen LogP contribution in [0.25, 0.3) is 10.9 Å². The Bertz CT molecular complexity index is 864. The monoisotopic (exact) mass is 356 g/mol. The van der Waals surface area contributed by atoms with Crippen LogP contribution in [-0.4, -0.2) is 70.1 Å². The van der Waals surface area contributed by atoms with Gasteiger partial charge in [0.25, 0.3) is 0 Å². The number of benzene rings is 1. The Morgan fingerprint density at radius 1 is 1.12 bits per heavy atom. The number of fused-ring (bicyclic) bond motifs is 1. The van der Waals surface area contributed by atoms with E-state index in [4.69, 9.17) is 9.47 Å². The lowest BCUT2D eigenvalue weighted by Gasteiger charge is -2.29. The minimum atomic E-state index is 0.397. The molecule has 0 saturated carbocycles. The van der Waals surface area contributed by atoms with Crippen LogP contribution in [0.4, 0.5) is 5.82 Å². The molecule has 0 radical (unpaired) electrons. The fourth-order valence-electron chi connectivity index (χ4n) is 2.98. The average Bonchev–Trinajstić information content (AvgIpc) is 3.21. The van der Waals surface area contributed by atoms with E-state index in [0.717, 1.165) is 42.9 Å². The first-order valence-electron chi connectivity index (χ1n) is 8.47. The molecule has 0 bridgehead atoms. The lowest BCUT2D eigenvalue weighted by molar-refractivity contribution is 0.266. The first-order valence-corrected chi connectivity index (χ1v) is 8.47. The molecule has 0 amide bonds. The number of rotatable bonds is 6. The molecule has 1 aromatic carbocycles. The number of hydrogen-bond acceptors (Lipinski definition) is 9. The predicted octanol–water partition coefficient (Wildman–Crippen LogP) is 0.113. The van der Waals surface area contributed by atoms with E-state index >= 15 is 0 Å². The number of ether oxygens (including phenoxy) is 2. The minimum Gasteiger partial charge on any atom is -0.493 e. The molecular formula is C16H20N8O2. The van der Waals surface area contributed by atoms with Crippen molar-refractivity contribution in [1.82, 2.24) is 35.5 Å². The molecule has 1 N–H and O–H groups in total. The summed E-state index contributed by atoms with van der Waals surface area (Å²) in [7, 11) is 1.63. The fourth-order valence-corrected chi connectivity index (χ4v) is 2.98. The third kappa shape index (κ3) is 3.36. The van der Waals surface area contributed by atoms with Gasteiger partial charge in [-0.3, -0.25) is 0 Å². The van der Waals surface area contributed by atoms with Crippen molar-refractivity contribution < 1.29 is 9.47 Å². The second-order valence-corrected chi connectivity index (χ2v) is 5.83. The van der Waals surface area contributed by atoms with Crippen LogP contribution in [0, 0.1) is 0 Å². The van der Waals surface area contributed by atoms with Gasteiger partial charge in [-0.05, 0) is 11.3 Å². The Morgan fingerprint density at radius 2 is 2.00 bits per heavy atom. The van der Waals surface area contributed by atoms with Gasteiger partial charge in [0.2, 0.25) is 0 Å². The highest BCUT2D eigenvalue weighted by Crippen LogP contribution is 2.35. The van der Waals surface area contributed by atoms with Gasteiger partial charge < -0.3 is 19.7 Å². The van der Waals surface area contributed by atoms with Gasteiger partial charge in [0.1, 0.15) is 18.8 Å². The van der Waals surface area contributed by atoms with E-state index in [0.29, 0.717) is 24.7 Å². The predicted molar refractivity (Wildman–Crippen MR) is 94.5 cm³/mol. The molecule has 0 aliphatic carbocycles. The van der Waals surface area contributed by atoms with E-state index in [1.54, 1.807) is 13.4 Å². The number of aromatic nitrogens is 6. The second-order valence-electron chi connectivity index (χ2n) is 5.83. The van der Waals surface area contributed by atoms with Crippen LogP contribution in [-0.2, 0) is 6.54 Å². The molecule has 1 fully saturated rings. The Morgan fingerprint density at radius 3 is 2.77 bits per heavy atom. The summed E-state index contributed by atoms with van der Waals surface area (Å²) in [6.07, 6.45) is 2.99. The maximum Gasteiger partial charge on any atom is 0.163 e. The summed E-state index contributed by atoms with van der Waals surface area (Å²) in [5, 5.41) is 15.8. The molecule has 3 heterocycles. The first-order chi connectivity index (χ1) is 12.8. The molecule has 4 rings (SSSR count). The zero-order valence-electron chi connectivity index (χ0n) is 14.5. The summed E-state index contributed by atoms with van der Waals surface area (Å²) in [5.74, 6) is 2.20. The maximum atomic E-state index is 5.86. The molecule has 1 saturated heterocycles. The summed E-state index contributed by atoms with van der Waals surface area (Å²) in [5.41, 5.74) is 0.822. The molecular weight excluding hydrogens is 336 g/mol. The summed E-state index contributed by atoms with van der Waals surface area (Å²) in [6.45, 7) is 4.61. The number of piperazine rings is 1. The molecule has 0 atom stereocenters. The minimum absolute atomic E-state index is 0.397. The summed E-state index contributed by atoms with van der Waals surface area (Å²) in [4.78, 5) is 12.6. The summed E-state index contributed by atoms with van der Waals surface area (Å²) in [6, 6.07) is 3.83. The van der Waals surface area contributed by atoms with Gasteiger partial charge in [-0.2, -0.15) is 4.80 Å². The van der Waals surface area contributed by atoms with Crippen LogP contribution < -0.4 is 19.7 Å². The van der Waals surface area contributed by atoms with Crippen LogP contribution in [0.1, 0.15) is 0 Å². The first kappa shape index (κ1) is 16.5. The Balaban J connectivity index is 1.60. The lowest BCUT2D eigenvalue weighted by atomic mass is 10.2. The largest absolute Gasteiger partial charge is 0.493 e. The quantitative estimate of drug-likeness (QED) is 0.659. The Kier molecular flexibility index (Phi) is 4.73. The molecule has 10 nitrogen and oxygen atoms in total. The normalized spacial score (nSPS) is 14.6. The SMILES string of the molecule is COc1cc2c(N3CCNCC3)ncnc2cc1OCCn1ncnn1. The van der Waals surface area contributed by atoms with Crippen molar-refractivity contribution in [3.63, 3.8) is 0 Å². The van der Waals surface area contributed by atoms with Crippen molar-refractivity contribution in [2.24, 2.45) is 0 Å². The standard InChI is InChI=1S/C16H20N8O2/c1-25-14-8-12-13(9-15(14)26-7-6-24-21-11-20-22-24)18-10-19-16(12)23-4-2-17-3-5-23/h8-11,17H,2-7H2,1H3. The smallest absolute Gasteiger partial charge is 0.163 e. The number of hydrogen-bond donors (Lipinski definition) is 1. The van der Waals surface area contributed by atoms with Crippen molar-refractivity contribution in [3.8, 4) is 11.5 Å². The number of tetrazole rings is 1. The van der Waals surface area contributed by atoms with Gasteiger partial charge in [0, 0.05) is 37.6 Å². The molecule has 2 aromatic heterocycles. The Labute approximate surface area is 150 Å². The van der Waals surface area contributed by atoms with Crippen LogP contribution in [0.15, 0.2) is 24.8 Å². The van der Waals surface area contributed by atoms with Crippen molar-refractivity contribution in [2.75, 3.05) is 44.8 Å².